The topological polar surface area (TPSA) is 107 Å². The molecule has 0 heterocycles. The molecule has 0 atom stereocenters. The normalized spacial score (nSPS) is 11.6. The third-order valence-corrected chi connectivity index (χ3v) is 3.17. The third-order valence-electron chi connectivity index (χ3n) is 2.31. The van der Waals surface area contributed by atoms with Crippen molar-refractivity contribution in [1.82, 2.24) is 0 Å². The summed E-state index contributed by atoms with van der Waals surface area (Å²) in [5.41, 5.74) is 7.21. The molecule has 0 aliphatic carbocycles. The monoisotopic (exact) mass is 287 g/mol. The van der Waals surface area contributed by atoms with Crippen LogP contribution in [-0.2, 0) is 10.0 Å². The quantitative estimate of drug-likeness (QED) is 0.515. The van der Waals surface area contributed by atoms with E-state index in [4.69, 9.17) is 15.6 Å². The SMILES string of the molecule is CC(C)Oc1cc(NCCCS(N)(=O)=O)ccc1N. The average Bonchev–Trinajstić information content (AvgIpc) is 2.26. The lowest BCUT2D eigenvalue weighted by atomic mass is 10.2. The lowest BCUT2D eigenvalue weighted by molar-refractivity contribution is 0.244. The van der Waals surface area contributed by atoms with Crippen LogP contribution in [0.5, 0.6) is 5.75 Å². The van der Waals surface area contributed by atoms with Crippen LogP contribution in [0.3, 0.4) is 0 Å². The highest BCUT2D eigenvalue weighted by Crippen LogP contribution is 2.26. The van der Waals surface area contributed by atoms with E-state index >= 15 is 0 Å². The number of nitrogens with two attached hydrogens (primary N) is 2. The minimum atomic E-state index is -3.39. The van der Waals surface area contributed by atoms with E-state index in [2.05, 4.69) is 5.32 Å². The average molecular weight is 287 g/mol. The fourth-order valence-electron chi connectivity index (χ4n) is 1.51. The van der Waals surface area contributed by atoms with Gasteiger partial charge in [0, 0.05) is 18.3 Å². The van der Waals surface area contributed by atoms with Gasteiger partial charge in [-0.05, 0) is 32.4 Å². The van der Waals surface area contributed by atoms with Gasteiger partial charge in [-0.15, -0.1) is 0 Å². The van der Waals surface area contributed by atoms with Crippen LogP contribution in [0.1, 0.15) is 20.3 Å². The van der Waals surface area contributed by atoms with Crippen LogP contribution >= 0.6 is 0 Å². The molecule has 1 rings (SSSR count). The van der Waals surface area contributed by atoms with E-state index in [-0.39, 0.29) is 11.9 Å². The molecule has 0 fully saturated rings. The summed E-state index contributed by atoms with van der Waals surface area (Å²) in [5.74, 6) is 0.580. The molecule has 0 amide bonds. The zero-order valence-corrected chi connectivity index (χ0v) is 12.0. The van der Waals surface area contributed by atoms with Crippen LogP contribution in [0.4, 0.5) is 11.4 Å². The number of nitrogens with one attached hydrogen (secondary N) is 1. The first-order chi connectivity index (χ1) is 8.78. The van der Waals surface area contributed by atoms with Crippen LogP contribution in [0.25, 0.3) is 0 Å². The summed E-state index contributed by atoms with van der Waals surface area (Å²) < 4.78 is 27.1. The highest BCUT2D eigenvalue weighted by molar-refractivity contribution is 7.89. The molecule has 19 heavy (non-hydrogen) atoms. The second-order valence-corrected chi connectivity index (χ2v) is 6.30. The maximum absolute atomic E-state index is 10.8. The van der Waals surface area contributed by atoms with Gasteiger partial charge in [-0.3, -0.25) is 0 Å². The predicted molar refractivity (Wildman–Crippen MR) is 77.7 cm³/mol. The van der Waals surface area contributed by atoms with Crippen LogP contribution in [0.2, 0.25) is 0 Å². The van der Waals surface area contributed by atoms with Crippen LogP contribution in [0, 0.1) is 0 Å². The van der Waals surface area contributed by atoms with Gasteiger partial charge >= 0.3 is 0 Å². The Morgan fingerprint density at radius 2 is 2.05 bits per heavy atom. The number of anilines is 2. The van der Waals surface area contributed by atoms with Crippen molar-refractivity contribution in [2.75, 3.05) is 23.3 Å². The molecule has 108 valence electrons. The zero-order valence-electron chi connectivity index (χ0n) is 11.2. The van der Waals surface area contributed by atoms with E-state index in [0.29, 0.717) is 24.4 Å². The first kappa shape index (κ1) is 15.6. The van der Waals surface area contributed by atoms with E-state index in [9.17, 15) is 8.42 Å². The first-order valence-corrected chi connectivity index (χ1v) is 7.80. The van der Waals surface area contributed by atoms with Gasteiger partial charge in [-0.1, -0.05) is 0 Å². The van der Waals surface area contributed by atoms with Gasteiger partial charge in [0.1, 0.15) is 5.75 Å². The standard InChI is InChI=1S/C12H21N3O3S/c1-9(2)18-12-8-10(4-5-11(12)13)15-6-3-7-19(14,16)17/h4-5,8-9,15H,3,6-7,13H2,1-2H3,(H2,14,16,17). The molecule has 0 saturated carbocycles. The molecule has 1 aromatic carbocycles. The highest BCUT2D eigenvalue weighted by Gasteiger charge is 2.05. The van der Waals surface area contributed by atoms with Crippen molar-refractivity contribution in [3.05, 3.63) is 18.2 Å². The summed E-state index contributed by atoms with van der Waals surface area (Å²) in [6.07, 6.45) is 0.490. The number of benzene rings is 1. The summed E-state index contributed by atoms with van der Waals surface area (Å²) in [6.45, 7) is 4.36. The van der Waals surface area contributed by atoms with Gasteiger partial charge < -0.3 is 15.8 Å². The number of nitrogen functional groups attached to an aromatic ring is 1. The number of primary sulfonamides is 1. The van der Waals surface area contributed by atoms with E-state index < -0.39 is 10.0 Å². The molecule has 0 aliphatic rings. The Balaban J connectivity index is 2.55. The highest BCUT2D eigenvalue weighted by atomic mass is 32.2. The predicted octanol–water partition coefficient (Wildman–Crippen LogP) is 1.15. The molecule has 0 bridgehead atoms. The smallest absolute Gasteiger partial charge is 0.209 e. The maximum Gasteiger partial charge on any atom is 0.209 e. The van der Waals surface area contributed by atoms with E-state index in [0.717, 1.165) is 5.69 Å². The molecule has 0 saturated heterocycles. The molecule has 0 spiro atoms. The molecule has 0 aliphatic heterocycles. The first-order valence-electron chi connectivity index (χ1n) is 6.08. The van der Waals surface area contributed by atoms with Gasteiger partial charge in [0.2, 0.25) is 10.0 Å². The van der Waals surface area contributed by atoms with Crippen LogP contribution in [-0.4, -0.2) is 26.8 Å². The number of sulfonamides is 1. The largest absolute Gasteiger partial charge is 0.489 e. The van der Waals surface area contributed by atoms with Gasteiger partial charge in [0.05, 0.1) is 17.5 Å². The van der Waals surface area contributed by atoms with Crippen molar-refractivity contribution in [2.24, 2.45) is 5.14 Å². The Bertz CT molecular complexity index is 515. The summed E-state index contributed by atoms with van der Waals surface area (Å²) in [6, 6.07) is 5.37. The molecule has 1 aromatic rings. The number of hydrogen-bond acceptors (Lipinski definition) is 5. The number of rotatable bonds is 7. The molecule has 0 aromatic heterocycles. The zero-order chi connectivity index (χ0) is 14.5. The Morgan fingerprint density at radius 1 is 1.37 bits per heavy atom. The van der Waals surface area contributed by atoms with E-state index in [1.54, 1.807) is 12.1 Å². The molecule has 0 radical (unpaired) electrons. The fraction of sp³-hybridized carbons (Fsp3) is 0.500. The summed E-state index contributed by atoms with van der Waals surface area (Å²) in [4.78, 5) is 0. The molecule has 0 unspecified atom stereocenters. The Hall–Kier alpha value is -1.47. The minimum absolute atomic E-state index is 0.0374. The minimum Gasteiger partial charge on any atom is -0.489 e. The van der Waals surface area contributed by atoms with Gasteiger partial charge in [-0.2, -0.15) is 0 Å². The van der Waals surface area contributed by atoms with Crippen LogP contribution < -0.4 is 20.9 Å². The van der Waals surface area contributed by atoms with E-state index in [1.807, 2.05) is 19.9 Å². The number of ether oxygens (including phenoxy) is 1. The summed E-state index contributed by atoms with van der Waals surface area (Å²) in [5, 5.41) is 8.02. The fourth-order valence-corrected chi connectivity index (χ4v) is 2.05. The van der Waals surface area contributed by atoms with Crippen molar-refractivity contribution in [3.63, 3.8) is 0 Å². The Labute approximate surface area is 114 Å². The van der Waals surface area contributed by atoms with Gasteiger partial charge in [0.15, 0.2) is 0 Å². The lowest BCUT2D eigenvalue weighted by Gasteiger charge is -2.14. The molecule has 7 heteroatoms. The lowest BCUT2D eigenvalue weighted by Crippen LogP contribution is -2.18. The van der Waals surface area contributed by atoms with Crippen molar-refractivity contribution in [1.29, 1.82) is 0 Å². The maximum atomic E-state index is 10.8. The molecular formula is C12H21N3O3S. The van der Waals surface area contributed by atoms with Crippen molar-refractivity contribution in [2.45, 2.75) is 26.4 Å². The molecular weight excluding hydrogens is 266 g/mol. The molecule has 5 N–H and O–H groups in total. The van der Waals surface area contributed by atoms with E-state index in [1.165, 1.54) is 0 Å². The third kappa shape index (κ3) is 6.30. The second kappa shape index (κ2) is 6.63. The van der Waals surface area contributed by atoms with Gasteiger partial charge in [-0.25, -0.2) is 13.6 Å². The number of hydrogen-bond donors (Lipinski definition) is 3. The van der Waals surface area contributed by atoms with Crippen molar-refractivity contribution in [3.8, 4) is 5.75 Å². The molecule has 6 nitrogen and oxygen atoms in total. The van der Waals surface area contributed by atoms with Gasteiger partial charge in [0.25, 0.3) is 0 Å². The summed E-state index contributed by atoms with van der Waals surface area (Å²) in [7, 11) is -3.39. The Morgan fingerprint density at radius 3 is 2.63 bits per heavy atom. The van der Waals surface area contributed by atoms with Crippen LogP contribution in [0.15, 0.2) is 18.2 Å². The Kier molecular flexibility index (Phi) is 5.44. The second-order valence-electron chi connectivity index (χ2n) is 4.57. The van der Waals surface area contributed by atoms with Crippen molar-refractivity contribution >= 4 is 21.4 Å². The van der Waals surface area contributed by atoms with Crippen molar-refractivity contribution < 1.29 is 13.2 Å². The summed E-state index contributed by atoms with van der Waals surface area (Å²) >= 11 is 0.